The van der Waals surface area contributed by atoms with Crippen molar-refractivity contribution in [3.05, 3.63) is 48.0 Å². The van der Waals surface area contributed by atoms with Gasteiger partial charge in [0.1, 0.15) is 5.82 Å². The third kappa shape index (κ3) is 2.99. The fourth-order valence-electron chi connectivity index (χ4n) is 2.06. The summed E-state index contributed by atoms with van der Waals surface area (Å²) in [7, 11) is 0. The van der Waals surface area contributed by atoms with E-state index in [9.17, 15) is 0 Å². The Kier molecular flexibility index (Phi) is 4.53. The van der Waals surface area contributed by atoms with Crippen molar-refractivity contribution in [1.82, 2.24) is 14.9 Å². The van der Waals surface area contributed by atoms with Crippen LogP contribution in [-0.4, -0.2) is 16.1 Å². The lowest BCUT2D eigenvalue weighted by atomic mass is 10.3. The topological polar surface area (TPSA) is 29.9 Å². The second kappa shape index (κ2) is 6.36. The molecule has 1 N–H and O–H groups in total. The highest BCUT2D eigenvalue weighted by molar-refractivity contribution is 5.35. The Morgan fingerprint density at radius 1 is 1.22 bits per heavy atom. The predicted molar refractivity (Wildman–Crippen MR) is 74.9 cm³/mol. The molecule has 1 aromatic heterocycles. The van der Waals surface area contributed by atoms with Gasteiger partial charge in [0.2, 0.25) is 0 Å². The molecule has 2 aromatic rings. The minimum Gasteiger partial charge on any atom is -0.311 e. The molecule has 0 unspecified atom stereocenters. The number of nitrogens with zero attached hydrogens (tertiary/aromatic N) is 2. The van der Waals surface area contributed by atoms with Crippen molar-refractivity contribution < 1.29 is 0 Å². The van der Waals surface area contributed by atoms with Crippen molar-refractivity contribution in [2.45, 2.75) is 33.2 Å². The number of unbranched alkanes of at least 4 members (excludes halogenated alkanes) is 1. The van der Waals surface area contributed by atoms with Crippen LogP contribution in [0, 0.1) is 6.92 Å². The Balaban J connectivity index is 2.12. The van der Waals surface area contributed by atoms with Crippen LogP contribution in [0.5, 0.6) is 0 Å². The van der Waals surface area contributed by atoms with E-state index in [0.29, 0.717) is 0 Å². The van der Waals surface area contributed by atoms with Gasteiger partial charge in [-0.1, -0.05) is 31.5 Å². The number of rotatable bonds is 6. The lowest BCUT2D eigenvalue weighted by Gasteiger charge is -2.11. The molecule has 0 aliphatic rings. The summed E-state index contributed by atoms with van der Waals surface area (Å²) < 4.78 is 2.21. The molecule has 0 atom stereocenters. The van der Waals surface area contributed by atoms with E-state index in [-0.39, 0.29) is 0 Å². The molecule has 3 heteroatoms. The number of aryl methyl sites for hydroxylation is 1. The van der Waals surface area contributed by atoms with Gasteiger partial charge in [-0.25, -0.2) is 4.98 Å². The zero-order valence-corrected chi connectivity index (χ0v) is 11.2. The molecule has 0 saturated heterocycles. The molecule has 96 valence electrons. The van der Waals surface area contributed by atoms with Gasteiger partial charge in [-0.3, -0.25) is 4.57 Å². The Morgan fingerprint density at radius 2 is 2.00 bits per heavy atom. The SMILES string of the molecule is CCCCNCc1cnc(C)n1-c1ccccc1. The van der Waals surface area contributed by atoms with Gasteiger partial charge >= 0.3 is 0 Å². The van der Waals surface area contributed by atoms with Crippen LogP contribution in [0.1, 0.15) is 31.3 Å². The largest absolute Gasteiger partial charge is 0.311 e. The lowest BCUT2D eigenvalue weighted by Crippen LogP contribution is -2.17. The Morgan fingerprint density at radius 3 is 2.72 bits per heavy atom. The van der Waals surface area contributed by atoms with Crippen molar-refractivity contribution in [1.29, 1.82) is 0 Å². The second-order valence-corrected chi connectivity index (χ2v) is 4.50. The van der Waals surface area contributed by atoms with Crippen LogP contribution in [0.3, 0.4) is 0 Å². The van der Waals surface area contributed by atoms with E-state index in [2.05, 4.69) is 46.1 Å². The smallest absolute Gasteiger partial charge is 0.110 e. The van der Waals surface area contributed by atoms with Gasteiger partial charge in [0.25, 0.3) is 0 Å². The van der Waals surface area contributed by atoms with E-state index in [4.69, 9.17) is 0 Å². The highest BCUT2D eigenvalue weighted by atomic mass is 15.1. The van der Waals surface area contributed by atoms with Crippen molar-refractivity contribution in [3.63, 3.8) is 0 Å². The summed E-state index contributed by atoms with van der Waals surface area (Å²) in [5.74, 6) is 1.04. The average Bonchev–Trinajstić information content (AvgIpc) is 2.77. The number of benzene rings is 1. The summed E-state index contributed by atoms with van der Waals surface area (Å²) >= 11 is 0. The molecule has 0 spiro atoms. The van der Waals surface area contributed by atoms with Crippen LogP contribution < -0.4 is 5.32 Å². The third-order valence-corrected chi connectivity index (χ3v) is 3.04. The van der Waals surface area contributed by atoms with Crippen LogP contribution in [0.4, 0.5) is 0 Å². The standard InChI is InChI=1S/C15H21N3/c1-3-4-10-16-11-15-12-17-13(2)18(15)14-8-6-5-7-9-14/h5-9,12,16H,3-4,10-11H2,1-2H3. The Bertz CT molecular complexity index is 474. The fraction of sp³-hybridized carbons (Fsp3) is 0.400. The van der Waals surface area contributed by atoms with Gasteiger partial charge in [0.15, 0.2) is 0 Å². The number of aromatic nitrogens is 2. The third-order valence-electron chi connectivity index (χ3n) is 3.04. The van der Waals surface area contributed by atoms with Crippen LogP contribution in [0.15, 0.2) is 36.5 Å². The highest BCUT2D eigenvalue weighted by Crippen LogP contribution is 2.14. The maximum Gasteiger partial charge on any atom is 0.110 e. The average molecular weight is 243 g/mol. The molecule has 0 radical (unpaired) electrons. The second-order valence-electron chi connectivity index (χ2n) is 4.50. The van der Waals surface area contributed by atoms with Gasteiger partial charge in [-0.15, -0.1) is 0 Å². The zero-order valence-electron chi connectivity index (χ0n) is 11.2. The maximum atomic E-state index is 4.41. The number of hydrogen-bond acceptors (Lipinski definition) is 2. The first-order chi connectivity index (χ1) is 8.83. The van der Waals surface area contributed by atoms with Crippen molar-refractivity contribution in [2.75, 3.05) is 6.54 Å². The number of imidazole rings is 1. The van der Waals surface area contributed by atoms with Crippen molar-refractivity contribution in [2.24, 2.45) is 0 Å². The first kappa shape index (κ1) is 12.8. The molecule has 0 saturated carbocycles. The Hall–Kier alpha value is -1.61. The molecule has 1 heterocycles. The van der Waals surface area contributed by atoms with Crippen molar-refractivity contribution in [3.8, 4) is 5.69 Å². The zero-order chi connectivity index (χ0) is 12.8. The maximum absolute atomic E-state index is 4.41. The molecule has 0 aliphatic heterocycles. The van der Waals surface area contributed by atoms with Gasteiger partial charge in [-0.05, 0) is 32.0 Å². The first-order valence-corrected chi connectivity index (χ1v) is 6.62. The van der Waals surface area contributed by atoms with E-state index >= 15 is 0 Å². The number of nitrogens with one attached hydrogen (secondary N) is 1. The summed E-state index contributed by atoms with van der Waals surface area (Å²) in [5.41, 5.74) is 2.40. The van der Waals surface area contributed by atoms with Crippen molar-refractivity contribution >= 4 is 0 Å². The molecule has 0 fully saturated rings. The summed E-state index contributed by atoms with van der Waals surface area (Å²) in [6, 6.07) is 10.4. The molecule has 0 aliphatic carbocycles. The Labute approximate surface area is 109 Å². The van der Waals surface area contributed by atoms with Gasteiger partial charge in [0, 0.05) is 12.2 Å². The molecule has 1 aromatic carbocycles. The first-order valence-electron chi connectivity index (χ1n) is 6.62. The lowest BCUT2D eigenvalue weighted by molar-refractivity contribution is 0.626. The van der Waals surface area contributed by atoms with Crippen LogP contribution in [-0.2, 0) is 6.54 Å². The predicted octanol–water partition coefficient (Wildman–Crippen LogP) is 3.07. The summed E-state index contributed by atoms with van der Waals surface area (Å²) in [6.07, 6.45) is 4.41. The molecule has 0 bridgehead atoms. The van der Waals surface area contributed by atoms with E-state index < -0.39 is 0 Å². The van der Waals surface area contributed by atoms with Crippen LogP contribution in [0.25, 0.3) is 5.69 Å². The number of para-hydroxylation sites is 1. The highest BCUT2D eigenvalue weighted by Gasteiger charge is 2.07. The summed E-state index contributed by atoms with van der Waals surface area (Å²) in [4.78, 5) is 4.41. The van der Waals surface area contributed by atoms with Crippen LogP contribution in [0.2, 0.25) is 0 Å². The molecule has 2 rings (SSSR count). The monoisotopic (exact) mass is 243 g/mol. The molecular formula is C15H21N3. The summed E-state index contributed by atoms with van der Waals surface area (Å²) in [5, 5.41) is 3.47. The number of hydrogen-bond donors (Lipinski definition) is 1. The minimum absolute atomic E-state index is 0.871. The quantitative estimate of drug-likeness (QED) is 0.790. The van der Waals surface area contributed by atoms with E-state index in [1.807, 2.05) is 19.2 Å². The minimum atomic E-state index is 0.871. The summed E-state index contributed by atoms with van der Waals surface area (Å²) in [6.45, 7) is 6.19. The molecule has 0 amide bonds. The molecule has 3 nitrogen and oxygen atoms in total. The molecular weight excluding hydrogens is 222 g/mol. The van der Waals surface area contributed by atoms with Crippen LogP contribution >= 0.6 is 0 Å². The van der Waals surface area contributed by atoms with Gasteiger partial charge in [0.05, 0.1) is 11.9 Å². The molecule has 18 heavy (non-hydrogen) atoms. The van der Waals surface area contributed by atoms with Gasteiger partial charge in [-0.2, -0.15) is 0 Å². The normalized spacial score (nSPS) is 10.8. The van der Waals surface area contributed by atoms with E-state index in [1.54, 1.807) is 0 Å². The van der Waals surface area contributed by atoms with Gasteiger partial charge < -0.3 is 5.32 Å². The van der Waals surface area contributed by atoms with E-state index in [0.717, 1.165) is 18.9 Å². The van der Waals surface area contributed by atoms with E-state index in [1.165, 1.54) is 24.2 Å². The fourth-order valence-corrected chi connectivity index (χ4v) is 2.06.